The molecule has 1 amide bonds. The van der Waals surface area contributed by atoms with Gasteiger partial charge in [-0.1, -0.05) is 30.3 Å². The normalized spacial score (nSPS) is 16.7. The molecular formula is C21H24N4O2S. The maximum absolute atomic E-state index is 12.8. The standard InChI is InChI=1S/C21H24N4O2S/c1-24(2)21(26)16-10-7-11-25(16)19-18-15(14-8-5-4-6-9-14)13-28-20(18)23-17(22-19)12-27-3/h4-6,8-9,13,16H,7,10-12H2,1-3H3. The minimum Gasteiger partial charge on any atom is -0.377 e. The minimum absolute atomic E-state index is 0.119. The smallest absolute Gasteiger partial charge is 0.244 e. The van der Waals surface area contributed by atoms with Crippen molar-refractivity contribution in [3.8, 4) is 11.1 Å². The summed E-state index contributed by atoms with van der Waals surface area (Å²) in [5, 5.41) is 3.16. The highest BCUT2D eigenvalue weighted by molar-refractivity contribution is 7.17. The zero-order chi connectivity index (χ0) is 19.7. The summed E-state index contributed by atoms with van der Waals surface area (Å²) in [5.74, 6) is 1.61. The monoisotopic (exact) mass is 396 g/mol. The van der Waals surface area contributed by atoms with Crippen LogP contribution >= 0.6 is 11.3 Å². The molecule has 0 bridgehead atoms. The Balaban J connectivity index is 1.90. The first kappa shape index (κ1) is 18.8. The van der Waals surface area contributed by atoms with Gasteiger partial charge in [-0.2, -0.15) is 0 Å². The second kappa shape index (κ2) is 7.85. The van der Waals surface area contributed by atoms with E-state index in [2.05, 4.69) is 22.4 Å². The first-order valence-corrected chi connectivity index (χ1v) is 10.3. The highest BCUT2D eigenvalue weighted by atomic mass is 32.1. The van der Waals surface area contributed by atoms with E-state index in [4.69, 9.17) is 14.7 Å². The zero-order valence-electron chi connectivity index (χ0n) is 16.4. The van der Waals surface area contributed by atoms with Crippen LogP contribution in [-0.2, 0) is 16.1 Å². The summed E-state index contributed by atoms with van der Waals surface area (Å²) in [5.41, 5.74) is 2.25. The summed E-state index contributed by atoms with van der Waals surface area (Å²) in [6.45, 7) is 1.16. The fraction of sp³-hybridized carbons (Fsp3) is 0.381. The minimum atomic E-state index is -0.188. The number of carbonyl (C=O) groups is 1. The molecule has 1 aromatic carbocycles. The molecule has 3 heterocycles. The fourth-order valence-electron chi connectivity index (χ4n) is 3.77. The van der Waals surface area contributed by atoms with Gasteiger partial charge < -0.3 is 14.5 Å². The number of carbonyl (C=O) groups excluding carboxylic acids is 1. The van der Waals surface area contributed by atoms with E-state index < -0.39 is 0 Å². The number of ether oxygens (including phenoxy) is 1. The predicted octanol–water partition coefficient (Wildman–Crippen LogP) is 3.56. The van der Waals surface area contributed by atoms with Crippen LogP contribution in [0, 0.1) is 0 Å². The van der Waals surface area contributed by atoms with Crippen molar-refractivity contribution in [2.24, 2.45) is 0 Å². The van der Waals surface area contributed by atoms with Gasteiger partial charge in [-0.05, 0) is 18.4 Å². The summed E-state index contributed by atoms with van der Waals surface area (Å²) < 4.78 is 5.28. The van der Waals surface area contributed by atoms with Gasteiger partial charge in [0.1, 0.15) is 23.3 Å². The average molecular weight is 397 g/mol. The summed E-state index contributed by atoms with van der Waals surface area (Å²) in [6.07, 6.45) is 1.81. The third-order valence-electron chi connectivity index (χ3n) is 5.07. The van der Waals surface area contributed by atoms with Crippen LogP contribution in [0.25, 0.3) is 21.3 Å². The molecule has 6 nitrogen and oxygen atoms in total. The number of methoxy groups -OCH3 is 1. The molecule has 2 aromatic heterocycles. The van der Waals surface area contributed by atoms with Crippen LogP contribution in [0.2, 0.25) is 0 Å². The molecule has 0 N–H and O–H groups in total. The number of likely N-dealkylation sites (N-methyl/N-ethyl adjacent to an activating group) is 1. The lowest BCUT2D eigenvalue weighted by atomic mass is 10.1. The molecule has 1 unspecified atom stereocenters. The number of nitrogens with zero attached hydrogens (tertiary/aromatic N) is 4. The number of benzene rings is 1. The van der Waals surface area contributed by atoms with Crippen molar-refractivity contribution < 1.29 is 9.53 Å². The molecule has 1 aliphatic rings. The maximum Gasteiger partial charge on any atom is 0.244 e. The quantitative estimate of drug-likeness (QED) is 0.660. The van der Waals surface area contributed by atoms with Gasteiger partial charge in [0.05, 0.1) is 5.39 Å². The van der Waals surface area contributed by atoms with Crippen LogP contribution in [0.1, 0.15) is 18.7 Å². The molecule has 0 spiro atoms. The van der Waals surface area contributed by atoms with E-state index in [1.807, 2.05) is 32.3 Å². The Kier molecular flexibility index (Phi) is 5.28. The Morgan fingerprint density at radius 3 is 2.79 bits per heavy atom. The van der Waals surface area contributed by atoms with Crippen LogP contribution in [0.5, 0.6) is 0 Å². The highest BCUT2D eigenvalue weighted by Crippen LogP contribution is 2.40. The topological polar surface area (TPSA) is 58.6 Å². The van der Waals surface area contributed by atoms with Crippen LogP contribution in [0.4, 0.5) is 5.82 Å². The Hall–Kier alpha value is -2.51. The molecule has 7 heteroatoms. The fourth-order valence-corrected chi connectivity index (χ4v) is 4.73. The van der Waals surface area contributed by atoms with Crippen molar-refractivity contribution in [3.05, 3.63) is 41.5 Å². The lowest BCUT2D eigenvalue weighted by molar-refractivity contribution is -0.129. The Bertz CT molecular complexity index is 987. The molecule has 1 fully saturated rings. The largest absolute Gasteiger partial charge is 0.377 e. The van der Waals surface area contributed by atoms with Gasteiger partial charge in [-0.3, -0.25) is 4.79 Å². The number of fused-ring (bicyclic) bond motifs is 1. The summed E-state index contributed by atoms with van der Waals surface area (Å²) in [6, 6.07) is 10.1. The van der Waals surface area contributed by atoms with Crippen LogP contribution < -0.4 is 4.90 Å². The van der Waals surface area contributed by atoms with E-state index in [-0.39, 0.29) is 11.9 Å². The number of hydrogen-bond donors (Lipinski definition) is 0. The second-order valence-electron chi connectivity index (χ2n) is 7.18. The predicted molar refractivity (Wildman–Crippen MR) is 113 cm³/mol. The Morgan fingerprint density at radius 2 is 2.07 bits per heavy atom. The number of rotatable bonds is 5. The van der Waals surface area contributed by atoms with Gasteiger partial charge in [0.25, 0.3) is 0 Å². The van der Waals surface area contributed by atoms with Crippen LogP contribution in [-0.4, -0.2) is 54.6 Å². The molecule has 0 radical (unpaired) electrons. The van der Waals surface area contributed by atoms with Gasteiger partial charge in [0.2, 0.25) is 5.91 Å². The van der Waals surface area contributed by atoms with E-state index in [0.29, 0.717) is 12.4 Å². The molecule has 3 aromatic rings. The van der Waals surface area contributed by atoms with Crippen molar-refractivity contribution >= 4 is 33.3 Å². The highest BCUT2D eigenvalue weighted by Gasteiger charge is 2.34. The molecule has 28 heavy (non-hydrogen) atoms. The average Bonchev–Trinajstić information content (AvgIpc) is 3.35. The number of thiophene rings is 1. The van der Waals surface area contributed by atoms with E-state index >= 15 is 0 Å². The summed E-state index contributed by atoms with van der Waals surface area (Å²) in [7, 11) is 5.26. The number of amides is 1. The van der Waals surface area contributed by atoms with E-state index in [1.54, 1.807) is 23.3 Å². The van der Waals surface area contributed by atoms with Crippen molar-refractivity contribution in [1.29, 1.82) is 0 Å². The molecule has 1 atom stereocenters. The van der Waals surface area contributed by atoms with Crippen molar-refractivity contribution in [2.45, 2.75) is 25.5 Å². The lowest BCUT2D eigenvalue weighted by Gasteiger charge is -2.28. The van der Waals surface area contributed by atoms with E-state index in [1.165, 1.54) is 0 Å². The molecular weight excluding hydrogens is 372 g/mol. The summed E-state index contributed by atoms with van der Waals surface area (Å²) in [4.78, 5) is 27.1. The molecule has 0 aliphatic carbocycles. The van der Waals surface area contributed by atoms with Crippen molar-refractivity contribution in [1.82, 2.24) is 14.9 Å². The molecule has 1 saturated heterocycles. The van der Waals surface area contributed by atoms with Crippen LogP contribution in [0.3, 0.4) is 0 Å². The van der Waals surface area contributed by atoms with Gasteiger partial charge in [-0.15, -0.1) is 11.3 Å². The zero-order valence-corrected chi connectivity index (χ0v) is 17.2. The van der Waals surface area contributed by atoms with Gasteiger partial charge in [-0.25, -0.2) is 9.97 Å². The number of aromatic nitrogens is 2. The first-order valence-electron chi connectivity index (χ1n) is 9.40. The van der Waals surface area contributed by atoms with Crippen LogP contribution in [0.15, 0.2) is 35.7 Å². The Labute approximate surface area is 168 Å². The Morgan fingerprint density at radius 1 is 1.29 bits per heavy atom. The number of hydrogen-bond acceptors (Lipinski definition) is 6. The first-order chi connectivity index (χ1) is 13.6. The van der Waals surface area contributed by atoms with E-state index in [9.17, 15) is 4.79 Å². The van der Waals surface area contributed by atoms with Gasteiger partial charge in [0.15, 0.2) is 5.82 Å². The molecule has 4 rings (SSSR count). The molecule has 1 aliphatic heterocycles. The van der Waals surface area contributed by atoms with Gasteiger partial charge >= 0.3 is 0 Å². The third-order valence-corrected chi connectivity index (χ3v) is 5.94. The molecule has 146 valence electrons. The SMILES string of the molecule is COCc1nc(N2CCCC2C(=O)N(C)C)c2c(-c3ccccc3)csc2n1. The van der Waals surface area contributed by atoms with E-state index in [0.717, 1.165) is 46.5 Å². The summed E-state index contributed by atoms with van der Waals surface area (Å²) >= 11 is 1.61. The third kappa shape index (κ3) is 3.36. The second-order valence-corrected chi connectivity index (χ2v) is 8.03. The molecule has 0 saturated carbocycles. The maximum atomic E-state index is 12.8. The van der Waals surface area contributed by atoms with Crippen molar-refractivity contribution in [3.63, 3.8) is 0 Å². The number of anilines is 1. The van der Waals surface area contributed by atoms with Crippen molar-refractivity contribution in [2.75, 3.05) is 32.6 Å². The van der Waals surface area contributed by atoms with Gasteiger partial charge in [0, 0.05) is 38.7 Å². The lowest BCUT2D eigenvalue weighted by Crippen LogP contribution is -2.43.